The monoisotopic (exact) mass is 443 g/mol. The number of hydrogen-bond donors (Lipinski definition) is 0. The second-order valence-electron chi connectivity index (χ2n) is 6.83. The summed E-state index contributed by atoms with van der Waals surface area (Å²) in [4.78, 5) is 0. The lowest BCUT2D eigenvalue weighted by molar-refractivity contribution is 0.210. The van der Waals surface area contributed by atoms with Crippen LogP contribution in [-0.4, -0.2) is 20.9 Å². The van der Waals surface area contributed by atoms with Crippen LogP contribution in [0.25, 0.3) is 11.4 Å². The van der Waals surface area contributed by atoms with Gasteiger partial charge in [-0.1, -0.05) is 39.8 Å². The van der Waals surface area contributed by atoms with E-state index in [2.05, 4.69) is 61.0 Å². The molecule has 4 nitrogen and oxygen atoms in total. The van der Waals surface area contributed by atoms with Gasteiger partial charge in [0.2, 0.25) is 0 Å². The van der Waals surface area contributed by atoms with Crippen molar-refractivity contribution in [2.45, 2.75) is 42.7 Å². The van der Waals surface area contributed by atoms with Gasteiger partial charge in [0.05, 0.1) is 6.10 Å². The molecular weight excluding hydrogens is 422 g/mol. The van der Waals surface area contributed by atoms with Crippen LogP contribution < -0.4 is 4.74 Å². The number of nitrogens with zero attached hydrogens (tertiary/aromatic N) is 3. The van der Waals surface area contributed by atoms with Crippen LogP contribution in [0.15, 0.2) is 58.2 Å². The number of halogens is 1. The highest BCUT2D eigenvalue weighted by Crippen LogP contribution is 2.28. The number of thioether (sulfide) groups is 1. The SMILES string of the molecule is Cn1c(SCc2cccc(Br)c2)nnc1-c1ccc(OC2CCCC2)cc1. The van der Waals surface area contributed by atoms with E-state index in [1.165, 1.54) is 31.2 Å². The lowest BCUT2D eigenvalue weighted by Crippen LogP contribution is -2.10. The second-order valence-corrected chi connectivity index (χ2v) is 8.69. The van der Waals surface area contributed by atoms with Crippen LogP contribution in [0.5, 0.6) is 5.75 Å². The van der Waals surface area contributed by atoms with E-state index in [4.69, 9.17) is 4.74 Å². The molecule has 0 bridgehead atoms. The molecule has 0 unspecified atom stereocenters. The van der Waals surface area contributed by atoms with Crippen LogP contribution in [0, 0.1) is 0 Å². The Hall–Kier alpha value is -1.79. The molecule has 1 fully saturated rings. The second kappa shape index (κ2) is 8.48. The number of ether oxygens (including phenoxy) is 1. The number of hydrogen-bond acceptors (Lipinski definition) is 4. The average molecular weight is 444 g/mol. The zero-order valence-corrected chi connectivity index (χ0v) is 17.7. The Kier molecular flexibility index (Phi) is 5.83. The van der Waals surface area contributed by atoms with Gasteiger partial charge < -0.3 is 9.30 Å². The van der Waals surface area contributed by atoms with E-state index in [0.717, 1.165) is 32.5 Å². The van der Waals surface area contributed by atoms with Gasteiger partial charge in [0.1, 0.15) is 5.75 Å². The smallest absolute Gasteiger partial charge is 0.191 e. The molecule has 0 spiro atoms. The van der Waals surface area contributed by atoms with Gasteiger partial charge in [-0.25, -0.2) is 0 Å². The highest BCUT2D eigenvalue weighted by Gasteiger charge is 2.17. The highest BCUT2D eigenvalue weighted by atomic mass is 79.9. The van der Waals surface area contributed by atoms with Crippen LogP contribution >= 0.6 is 27.7 Å². The predicted molar refractivity (Wildman–Crippen MR) is 113 cm³/mol. The summed E-state index contributed by atoms with van der Waals surface area (Å²) in [5.74, 6) is 2.68. The molecule has 1 heterocycles. The Balaban J connectivity index is 1.43. The maximum absolute atomic E-state index is 6.05. The minimum Gasteiger partial charge on any atom is -0.490 e. The van der Waals surface area contributed by atoms with Gasteiger partial charge >= 0.3 is 0 Å². The first-order chi connectivity index (χ1) is 13.2. The Morgan fingerprint density at radius 1 is 1.11 bits per heavy atom. The third-order valence-electron chi connectivity index (χ3n) is 4.81. The van der Waals surface area contributed by atoms with Gasteiger partial charge in [0, 0.05) is 22.8 Å². The zero-order valence-electron chi connectivity index (χ0n) is 15.3. The van der Waals surface area contributed by atoms with Gasteiger partial charge in [-0.15, -0.1) is 10.2 Å². The summed E-state index contributed by atoms with van der Waals surface area (Å²) >= 11 is 5.21. The summed E-state index contributed by atoms with van der Waals surface area (Å²) in [6.45, 7) is 0. The van der Waals surface area contributed by atoms with E-state index >= 15 is 0 Å². The van der Waals surface area contributed by atoms with E-state index in [0.29, 0.717) is 6.10 Å². The van der Waals surface area contributed by atoms with Crippen molar-refractivity contribution in [2.24, 2.45) is 7.05 Å². The number of aromatic nitrogens is 3. The fourth-order valence-corrected chi connectivity index (χ4v) is 4.65. The van der Waals surface area contributed by atoms with E-state index in [1.54, 1.807) is 11.8 Å². The standard InChI is InChI=1S/C21H22BrN3OS/c1-25-20(16-9-11-19(12-10-16)26-18-7-2-3-8-18)23-24-21(25)27-14-15-5-4-6-17(22)13-15/h4-6,9-13,18H,2-3,7-8,14H2,1H3. The van der Waals surface area contributed by atoms with Gasteiger partial charge in [-0.3, -0.25) is 0 Å². The van der Waals surface area contributed by atoms with Crippen LogP contribution in [-0.2, 0) is 12.8 Å². The third kappa shape index (κ3) is 4.55. The molecule has 1 aliphatic carbocycles. The zero-order chi connectivity index (χ0) is 18.6. The van der Waals surface area contributed by atoms with Crippen molar-refractivity contribution < 1.29 is 4.74 Å². The number of benzene rings is 2. The fourth-order valence-electron chi connectivity index (χ4n) is 3.35. The van der Waals surface area contributed by atoms with Crippen molar-refractivity contribution in [2.75, 3.05) is 0 Å². The molecule has 0 amide bonds. The molecule has 1 saturated carbocycles. The van der Waals surface area contributed by atoms with Crippen LogP contribution in [0.1, 0.15) is 31.2 Å². The first kappa shape index (κ1) is 18.6. The molecule has 0 radical (unpaired) electrons. The van der Waals surface area contributed by atoms with Crippen LogP contribution in [0.3, 0.4) is 0 Å². The summed E-state index contributed by atoms with van der Waals surface area (Å²) in [5.41, 5.74) is 2.31. The summed E-state index contributed by atoms with van der Waals surface area (Å²) in [6.07, 6.45) is 5.28. The lowest BCUT2D eigenvalue weighted by atomic mass is 10.2. The maximum atomic E-state index is 6.05. The molecular formula is C21H22BrN3OS. The molecule has 2 aromatic carbocycles. The summed E-state index contributed by atoms with van der Waals surface area (Å²) in [6, 6.07) is 16.6. The van der Waals surface area contributed by atoms with Crippen molar-refractivity contribution in [1.29, 1.82) is 0 Å². The largest absolute Gasteiger partial charge is 0.490 e. The summed E-state index contributed by atoms with van der Waals surface area (Å²) < 4.78 is 9.20. The van der Waals surface area contributed by atoms with Crippen molar-refractivity contribution >= 4 is 27.7 Å². The third-order valence-corrected chi connectivity index (χ3v) is 6.39. The fraction of sp³-hybridized carbons (Fsp3) is 0.333. The normalized spacial score (nSPS) is 14.6. The van der Waals surface area contributed by atoms with Gasteiger partial charge in [0.15, 0.2) is 11.0 Å². The maximum Gasteiger partial charge on any atom is 0.191 e. The molecule has 3 aromatic rings. The quantitative estimate of drug-likeness (QED) is 0.447. The van der Waals surface area contributed by atoms with Crippen molar-refractivity contribution in [1.82, 2.24) is 14.8 Å². The van der Waals surface area contributed by atoms with E-state index in [1.807, 2.05) is 25.2 Å². The summed E-state index contributed by atoms with van der Waals surface area (Å²) in [5, 5.41) is 9.67. The lowest BCUT2D eigenvalue weighted by Gasteiger charge is -2.13. The molecule has 0 N–H and O–H groups in total. The molecule has 6 heteroatoms. The topological polar surface area (TPSA) is 39.9 Å². The molecule has 1 aliphatic rings. The van der Waals surface area contributed by atoms with Crippen LogP contribution in [0.2, 0.25) is 0 Å². The molecule has 0 atom stereocenters. The minimum absolute atomic E-state index is 0.381. The minimum atomic E-state index is 0.381. The van der Waals surface area contributed by atoms with E-state index in [-0.39, 0.29) is 0 Å². The Bertz CT molecular complexity index is 904. The highest BCUT2D eigenvalue weighted by molar-refractivity contribution is 9.10. The molecule has 1 aromatic heterocycles. The van der Waals surface area contributed by atoms with E-state index in [9.17, 15) is 0 Å². The Morgan fingerprint density at radius 3 is 2.63 bits per heavy atom. The molecule has 0 saturated heterocycles. The molecule has 27 heavy (non-hydrogen) atoms. The van der Waals surface area contributed by atoms with Crippen molar-refractivity contribution in [3.8, 4) is 17.1 Å². The van der Waals surface area contributed by atoms with Crippen molar-refractivity contribution in [3.63, 3.8) is 0 Å². The van der Waals surface area contributed by atoms with Crippen molar-refractivity contribution in [3.05, 3.63) is 58.6 Å². The predicted octanol–water partition coefficient (Wildman–Crippen LogP) is 5.86. The Morgan fingerprint density at radius 2 is 1.89 bits per heavy atom. The Labute approximate surface area is 172 Å². The van der Waals surface area contributed by atoms with Gasteiger partial charge in [-0.05, 0) is 67.6 Å². The van der Waals surface area contributed by atoms with Gasteiger partial charge in [0.25, 0.3) is 0 Å². The number of rotatable bonds is 6. The van der Waals surface area contributed by atoms with E-state index < -0.39 is 0 Å². The molecule has 0 aliphatic heterocycles. The first-order valence-corrected chi connectivity index (χ1v) is 11.0. The van der Waals surface area contributed by atoms with Gasteiger partial charge in [-0.2, -0.15) is 0 Å². The van der Waals surface area contributed by atoms with Crippen LogP contribution in [0.4, 0.5) is 0 Å². The summed E-state index contributed by atoms with van der Waals surface area (Å²) in [7, 11) is 2.02. The average Bonchev–Trinajstić information content (AvgIpc) is 3.31. The molecule has 4 rings (SSSR count). The first-order valence-electron chi connectivity index (χ1n) is 9.23. The molecule has 140 valence electrons.